The molecule has 3 aromatic rings. The van der Waals surface area contributed by atoms with Crippen molar-refractivity contribution in [2.24, 2.45) is 10.9 Å². The van der Waals surface area contributed by atoms with Gasteiger partial charge in [-0.25, -0.2) is 18.1 Å². The fraction of sp³-hybridized carbons (Fsp3) is 0.304. The molecule has 2 atom stereocenters. The molecule has 2 heterocycles. The Bertz CT molecular complexity index is 1270. The molecule has 0 bridgehead atoms. The molecule has 2 aromatic carbocycles. The second-order valence-electron chi connectivity index (χ2n) is 7.99. The standard InChI is InChI=1S/C23H26N6O3S/c1-3-16(2)21(27-22-19-10-6-7-11-20(19)33(31,32)28-22)23(30)25-12-17-8-4-5-9-18(17)13-29-15-24-14-26-29/h4-11,14-16,21H,3,12-13H2,1-2H3,(H,25,30)(H,27,28)/t16-,21-/m0/s1. The molecule has 1 aromatic heterocycles. The minimum atomic E-state index is -3.67. The van der Waals surface area contributed by atoms with Crippen molar-refractivity contribution in [3.63, 3.8) is 0 Å². The number of nitrogens with one attached hydrogen (secondary N) is 2. The summed E-state index contributed by atoms with van der Waals surface area (Å²) < 4.78 is 29.1. The number of hydrogen-bond donors (Lipinski definition) is 2. The van der Waals surface area contributed by atoms with Crippen LogP contribution in [0.1, 0.15) is 37.0 Å². The van der Waals surface area contributed by atoms with Gasteiger partial charge in [0.25, 0.3) is 10.0 Å². The highest BCUT2D eigenvalue weighted by molar-refractivity contribution is 7.90. The predicted octanol–water partition coefficient (Wildman–Crippen LogP) is 2.10. The molecular formula is C23H26N6O3S. The SMILES string of the molecule is CC[C@H](C)[C@H](N=C1NS(=O)(=O)c2ccccc21)C(=O)NCc1ccccc1Cn1cncn1. The zero-order valence-electron chi connectivity index (χ0n) is 18.5. The minimum absolute atomic E-state index is 0.0832. The maximum absolute atomic E-state index is 13.2. The molecule has 10 heteroatoms. The first-order valence-electron chi connectivity index (χ1n) is 10.8. The fourth-order valence-electron chi connectivity index (χ4n) is 3.70. The monoisotopic (exact) mass is 466 g/mol. The van der Waals surface area contributed by atoms with E-state index in [-0.39, 0.29) is 22.6 Å². The normalized spacial score (nSPS) is 17.2. The summed E-state index contributed by atoms with van der Waals surface area (Å²) in [5.41, 5.74) is 2.47. The van der Waals surface area contributed by atoms with Gasteiger partial charge < -0.3 is 5.32 Å². The molecule has 0 spiro atoms. The van der Waals surface area contributed by atoms with Crippen molar-refractivity contribution >= 4 is 21.8 Å². The van der Waals surface area contributed by atoms with E-state index in [0.717, 1.165) is 11.1 Å². The minimum Gasteiger partial charge on any atom is -0.350 e. The summed E-state index contributed by atoms with van der Waals surface area (Å²) in [6, 6.07) is 13.7. The van der Waals surface area contributed by atoms with E-state index in [2.05, 4.69) is 25.1 Å². The van der Waals surface area contributed by atoms with Crippen molar-refractivity contribution in [3.8, 4) is 0 Å². The van der Waals surface area contributed by atoms with Crippen LogP contribution in [0, 0.1) is 5.92 Å². The highest BCUT2D eigenvalue weighted by Gasteiger charge is 2.33. The van der Waals surface area contributed by atoms with Crippen LogP contribution >= 0.6 is 0 Å². The topological polar surface area (TPSA) is 118 Å². The van der Waals surface area contributed by atoms with Gasteiger partial charge in [-0.3, -0.25) is 14.5 Å². The van der Waals surface area contributed by atoms with Crippen LogP contribution < -0.4 is 10.0 Å². The van der Waals surface area contributed by atoms with Crippen LogP contribution in [0.4, 0.5) is 0 Å². The second-order valence-corrected chi connectivity index (χ2v) is 9.64. The van der Waals surface area contributed by atoms with E-state index in [1.165, 1.54) is 12.4 Å². The van der Waals surface area contributed by atoms with Crippen molar-refractivity contribution < 1.29 is 13.2 Å². The summed E-state index contributed by atoms with van der Waals surface area (Å²) >= 11 is 0. The number of amidine groups is 1. The van der Waals surface area contributed by atoms with E-state index in [1.807, 2.05) is 38.1 Å². The van der Waals surface area contributed by atoms with Crippen LogP contribution in [0.5, 0.6) is 0 Å². The molecule has 4 rings (SSSR count). The second kappa shape index (κ2) is 9.53. The average molecular weight is 467 g/mol. The number of amides is 1. The van der Waals surface area contributed by atoms with E-state index in [0.29, 0.717) is 25.1 Å². The highest BCUT2D eigenvalue weighted by atomic mass is 32.2. The number of hydrogen-bond acceptors (Lipinski definition) is 6. The van der Waals surface area contributed by atoms with E-state index in [4.69, 9.17) is 0 Å². The molecule has 0 aliphatic carbocycles. The Morgan fingerprint density at radius 2 is 1.88 bits per heavy atom. The van der Waals surface area contributed by atoms with E-state index in [1.54, 1.807) is 29.2 Å². The number of carbonyl (C=O) groups is 1. The van der Waals surface area contributed by atoms with E-state index in [9.17, 15) is 13.2 Å². The highest BCUT2D eigenvalue weighted by Crippen LogP contribution is 2.24. The lowest BCUT2D eigenvalue weighted by atomic mass is 9.98. The maximum atomic E-state index is 13.2. The van der Waals surface area contributed by atoms with Gasteiger partial charge in [-0.1, -0.05) is 56.7 Å². The largest absolute Gasteiger partial charge is 0.350 e. The number of sulfonamides is 1. The molecular weight excluding hydrogens is 440 g/mol. The lowest BCUT2D eigenvalue weighted by Gasteiger charge is -2.20. The molecule has 33 heavy (non-hydrogen) atoms. The lowest BCUT2D eigenvalue weighted by Crippen LogP contribution is -2.39. The van der Waals surface area contributed by atoms with Gasteiger partial charge in [0, 0.05) is 12.1 Å². The average Bonchev–Trinajstić information content (AvgIpc) is 3.42. The molecule has 0 fully saturated rings. The number of aromatic nitrogens is 3. The fourth-order valence-corrected chi connectivity index (χ4v) is 4.94. The van der Waals surface area contributed by atoms with Gasteiger partial charge in [-0.15, -0.1) is 0 Å². The van der Waals surface area contributed by atoms with Gasteiger partial charge in [0.15, 0.2) is 0 Å². The quantitative estimate of drug-likeness (QED) is 0.527. The van der Waals surface area contributed by atoms with Crippen LogP contribution in [0.15, 0.2) is 71.1 Å². The zero-order chi connectivity index (χ0) is 23.4. The molecule has 1 aliphatic heterocycles. The predicted molar refractivity (Wildman–Crippen MR) is 124 cm³/mol. The van der Waals surface area contributed by atoms with Crippen LogP contribution in [0.25, 0.3) is 0 Å². The first-order chi connectivity index (χ1) is 15.9. The number of nitrogens with zero attached hydrogens (tertiary/aromatic N) is 4. The summed E-state index contributed by atoms with van der Waals surface area (Å²) in [5, 5.41) is 7.13. The summed E-state index contributed by atoms with van der Waals surface area (Å²) in [4.78, 5) is 21.9. The molecule has 0 radical (unpaired) electrons. The smallest absolute Gasteiger partial charge is 0.263 e. The molecule has 172 valence electrons. The molecule has 9 nitrogen and oxygen atoms in total. The van der Waals surface area contributed by atoms with Crippen LogP contribution in [-0.4, -0.2) is 41.0 Å². The van der Waals surface area contributed by atoms with Gasteiger partial charge in [0.2, 0.25) is 5.91 Å². The number of rotatable bonds is 8. The summed E-state index contributed by atoms with van der Waals surface area (Å²) in [7, 11) is -3.67. The zero-order valence-corrected chi connectivity index (χ0v) is 19.3. The molecule has 2 N–H and O–H groups in total. The molecule has 0 unspecified atom stereocenters. The lowest BCUT2D eigenvalue weighted by molar-refractivity contribution is -0.123. The first kappa shape index (κ1) is 22.7. The van der Waals surface area contributed by atoms with Crippen LogP contribution in [0.2, 0.25) is 0 Å². The Balaban J connectivity index is 1.54. The van der Waals surface area contributed by atoms with Gasteiger partial charge in [-0.2, -0.15) is 5.10 Å². The molecule has 1 amide bonds. The maximum Gasteiger partial charge on any atom is 0.263 e. The Kier molecular flexibility index (Phi) is 6.55. The number of carbonyl (C=O) groups excluding carboxylic acids is 1. The number of benzene rings is 2. The Labute approximate surface area is 193 Å². The Hall–Kier alpha value is -3.53. The Morgan fingerprint density at radius 3 is 2.61 bits per heavy atom. The summed E-state index contributed by atoms with van der Waals surface area (Å²) in [5.74, 6) is -0.131. The molecule has 0 saturated carbocycles. The van der Waals surface area contributed by atoms with Crippen molar-refractivity contribution in [2.75, 3.05) is 0 Å². The van der Waals surface area contributed by atoms with Gasteiger partial charge in [0.1, 0.15) is 24.5 Å². The van der Waals surface area contributed by atoms with Crippen LogP contribution in [-0.2, 0) is 27.9 Å². The third kappa shape index (κ3) is 4.95. The van der Waals surface area contributed by atoms with Gasteiger partial charge in [0.05, 0.1) is 11.4 Å². The third-order valence-electron chi connectivity index (χ3n) is 5.75. The van der Waals surface area contributed by atoms with Crippen LogP contribution in [0.3, 0.4) is 0 Å². The Morgan fingerprint density at radius 1 is 1.15 bits per heavy atom. The van der Waals surface area contributed by atoms with E-state index < -0.39 is 16.1 Å². The van der Waals surface area contributed by atoms with Crippen molar-refractivity contribution in [1.29, 1.82) is 0 Å². The number of fused-ring (bicyclic) bond motifs is 1. The third-order valence-corrected chi connectivity index (χ3v) is 7.15. The summed E-state index contributed by atoms with van der Waals surface area (Å²) in [6.45, 7) is 4.78. The van der Waals surface area contributed by atoms with Crippen molar-refractivity contribution in [3.05, 3.63) is 77.9 Å². The first-order valence-corrected chi connectivity index (χ1v) is 12.2. The van der Waals surface area contributed by atoms with Crippen molar-refractivity contribution in [2.45, 2.75) is 44.3 Å². The van der Waals surface area contributed by atoms with Gasteiger partial charge in [-0.05, 0) is 29.2 Å². The van der Waals surface area contributed by atoms with Gasteiger partial charge >= 0.3 is 0 Å². The molecule has 0 saturated heterocycles. The summed E-state index contributed by atoms with van der Waals surface area (Å²) in [6.07, 6.45) is 3.84. The molecule has 1 aliphatic rings. The van der Waals surface area contributed by atoms with E-state index >= 15 is 0 Å². The van der Waals surface area contributed by atoms with Crippen molar-refractivity contribution in [1.82, 2.24) is 24.8 Å². The number of aliphatic imine (C=N–C) groups is 1.